The molecule has 4 nitrogen and oxygen atoms in total. The second-order valence-electron chi connectivity index (χ2n) is 4.54. The Morgan fingerprint density at radius 2 is 2.11 bits per heavy atom. The van der Waals surface area contributed by atoms with E-state index in [4.69, 9.17) is 0 Å². The molecule has 19 heavy (non-hydrogen) atoms. The van der Waals surface area contributed by atoms with Crippen LogP contribution in [0.5, 0.6) is 0 Å². The number of hydrogen-bond donors (Lipinski definition) is 2. The molecule has 0 saturated carbocycles. The molecule has 0 radical (unpaired) electrons. The largest absolute Gasteiger partial charge is 0.360 e. The molecule has 3 rings (SSSR count). The predicted molar refractivity (Wildman–Crippen MR) is 74.9 cm³/mol. The molecule has 2 N–H and O–H groups in total. The first-order chi connectivity index (χ1) is 9.25. The second-order valence-corrected chi connectivity index (χ2v) is 4.54. The third-order valence-corrected chi connectivity index (χ3v) is 3.32. The molecule has 0 aliphatic carbocycles. The van der Waals surface area contributed by atoms with Crippen LogP contribution in [0.25, 0.3) is 10.9 Å². The molecule has 0 aliphatic rings. The van der Waals surface area contributed by atoms with Crippen molar-refractivity contribution < 1.29 is 4.79 Å². The monoisotopic (exact) mass is 253 g/mol. The highest BCUT2D eigenvalue weighted by Gasteiger charge is 2.11. The van der Waals surface area contributed by atoms with Gasteiger partial charge in [0.25, 0.3) is 5.91 Å². The molecule has 0 fully saturated rings. The average molecular weight is 253 g/mol. The molecule has 0 unspecified atom stereocenters. The van der Waals surface area contributed by atoms with Gasteiger partial charge in [-0.2, -0.15) is 0 Å². The van der Waals surface area contributed by atoms with Gasteiger partial charge in [-0.15, -0.1) is 0 Å². The fourth-order valence-corrected chi connectivity index (χ4v) is 2.21. The van der Waals surface area contributed by atoms with Crippen LogP contribution in [-0.4, -0.2) is 15.5 Å². The maximum Gasteiger partial charge on any atom is 0.253 e. The third kappa shape index (κ3) is 2.12. The predicted octanol–water partition coefficient (Wildman–Crippen LogP) is 2.44. The van der Waals surface area contributed by atoms with Crippen LogP contribution in [0.4, 0.5) is 0 Å². The Morgan fingerprint density at radius 3 is 2.89 bits per heavy atom. The lowest BCUT2D eigenvalue weighted by molar-refractivity contribution is 0.0952. The molecule has 2 heterocycles. The number of H-pyrrole nitrogens is 1. The van der Waals surface area contributed by atoms with Crippen LogP contribution in [0, 0.1) is 0 Å². The Labute approximate surface area is 111 Å². The maximum atomic E-state index is 12.2. The molecule has 0 bridgehead atoms. The molecule has 0 saturated heterocycles. The van der Waals surface area contributed by atoms with Crippen molar-refractivity contribution in [3.05, 3.63) is 60.0 Å². The van der Waals surface area contributed by atoms with E-state index in [9.17, 15) is 4.79 Å². The molecule has 2 aromatic heterocycles. The molecular formula is C15H15N3O. The highest BCUT2D eigenvalue weighted by molar-refractivity contribution is 6.06. The van der Waals surface area contributed by atoms with Gasteiger partial charge in [-0.05, 0) is 18.2 Å². The summed E-state index contributed by atoms with van der Waals surface area (Å²) in [6, 6.07) is 11.8. The summed E-state index contributed by atoms with van der Waals surface area (Å²) in [4.78, 5) is 15.3. The summed E-state index contributed by atoms with van der Waals surface area (Å²) in [6.45, 7) is 0.530. The number of aryl methyl sites for hydroxylation is 1. The molecule has 0 atom stereocenters. The number of benzene rings is 1. The topological polar surface area (TPSA) is 49.8 Å². The molecule has 0 aliphatic heterocycles. The van der Waals surface area contributed by atoms with Crippen molar-refractivity contribution in [3.63, 3.8) is 0 Å². The summed E-state index contributed by atoms with van der Waals surface area (Å²) in [6.07, 6.45) is 3.72. The number of hydrogen-bond acceptors (Lipinski definition) is 1. The standard InChI is InChI=1S/C15H15N3O/c1-18-8-4-5-11(18)9-17-15(19)13-10-16-14-7-3-2-6-12(13)14/h2-8,10,16H,9H2,1H3,(H,17,19). The van der Waals surface area contributed by atoms with Gasteiger partial charge in [0, 0.05) is 36.0 Å². The van der Waals surface area contributed by atoms with E-state index in [1.807, 2.05) is 54.2 Å². The van der Waals surface area contributed by atoms with Gasteiger partial charge < -0.3 is 14.9 Å². The van der Waals surface area contributed by atoms with Crippen LogP contribution in [0.2, 0.25) is 0 Å². The zero-order chi connectivity index (χ0) is 13.2. The Hall–Kier alpha value is -2.49. The number of carbonyl (C=O) groups excluding carboxylic acids is 1. The van der Waals surface area contributed by atoms with Crippen molar-refractivity contribution in [3.8, 4) is 0 Å². The number of rotatable bonds is 3. The molecule has 1 aromatic carbocycles. The van der Waals surface area contributed by atoms with Gasteiger partial charge >= 0.3 is 0 Å². The van der Waals surface area contributed by atoms with E-state index in [0.717, 1.165) is 16.6 Å². The van der Waals surface area contributed by atoms with Crippen molar-refractivity contribution in [1.29, 1.82) is 0 Å². The molecule has 4 heteroatoms. The van der Waals surface area contributed by atoms with Crippen LogP contribution >= 0.6 is 0 Å². The van der Waals surface area contributed by atoms with Crippen LogP contribution in [0.15, 0.2) is 48.8 Å². The summed E-state index contributed by atoms with van der Waals surface area (Å²) in [5.41, 5.74) is 2.74. The number of aromatic amines is 1. The Bertz CT molecular complexity index is 724. The van der Waals surface area contributed by atoms with Crippen molar-refractivity contribution in [2.24, 2.45) is 7.05 Å². The Balaban J connectivity index is 1.79. The normalized spacial score (nSPS) is 10.8. The quantitative estimate of drug-likeness (QED) is 0.740. The highest BCUT2D eigenvalue weighted by Crippen LogP contribution is 2.17. The lowest BCUT2D eigenvalue weighted by Gasteiger charge is -2.05. The molecule has 96 valence electrons. The van der Waals surface area contributed by atoms with E-state index in [1.54, 1.807) is 6.20 Å². The summed E-state index contributed by atoms with van der Waals surface area (Å²) in [7, 11) is 1.97. The minimum atomic E-state index is -0.0568. The zero-order valence-electron chi connectivity index (χ0n) is 10.7. The number of amides is 1. The van der Waals surface area contributed by atoms with Gasteiger partial charge in [0.1, 0.15) is 0 Å². The number of nitrogens with one attached hydrogen (secondary N) is 2. The van der Waals surface area contributed by atoms with Crippen molar-refractivity contribution in [2.75, 3.05) is 0 Å². The first kappa shape index (κ1) is 11.6. The number of nitrogens with zero attached hydrogens (tertiary/aromatic N) is 1. The van der Waals surface area contributed by atoms with Gasteiger partial charge in [0.05, 0.1) is 12.1 Å². The fourth-order valence-electron chi connectivity index (χ4n) is 2.21. The van der Waals surface area contributed by atoms with Crippen LogP contribution in [-0.2, 0) is 13.6 Å². The zero-order valence-corrected chi connectivity index (χ0v) is 10.7. The smallest absolute Gasteiger partial charge is 0.253 e. The first-order valence-corrected chi connectivity index (χ1v) is 6.20. The SMILES string of the molecule is Cn1cccc1CNC(=O)c1c[nH]c2ccccc12. The van der Waals surface area contributed by atoms with Gasteiger partial charge in [-0.25, -0.2) is 0 Å². The number of carbonyl (C=O) groups is 1. The average Bonchev–Trinajstić information content (AvgIpc) is 3.02. The molecule has 3 aromatic rings. The van der Waals surface area contributed by atoms with Gasteiger partial charge in [-0.3, -0.25) is 4.79 Å². The third-order valence-electron chi connectivity index (χ3n) is 3.32. The minimum absolute atomic E-state index is 0.0568. The number of aromatic nitrogens is 2. The van der Waals surface area contributed by atoms with Gasteiger partial charge in [0.15, 0.2) is 0 Å². The summed E-state index contributed by atoms with van der Waals surface area (Å²) in [5.74, 6) is -0.0568. The molecule has 0 spiro atoms. The lowest BCUT2D eigenvalue weighted by Crippen LogP contribution is -2.23. The van der Waals surface area contributed by atoms with Crippen molar-refractivity contribution in [2.45, 2.75) is 6.54 Å². The van der Waals surface area contributed by atoms with E-state index >= 15 is 0 Å². The molecular weight excluding hydrogens is 238 g/mol. The number of fused-ring (bicyclic) bond motifs is 1. The van der Waals surface area contributed by atoms with Gasteiger partial charge in [0.2, 0.25) is 0 Å². The Kier molecular flexibility index (Phi) is 2.83. The minimum Gasteiger partial charge on any atom is -0.360 e. The second kappa shape index (κ2) is 4.65. The van der Waals surface area contributed by atoms with Crippen LogP contribution < -0.4 is 5.32 Å². The van der Waals surface area contributed by atoms with Crippen molar-refractivity contribution >= 4 is 16.8 Å². The maximum absolute atomic E-state index is 12.2. The molecule has 1 amide bonds. The van der Waals surface area contributed by atoms with E-state index in [2.05, 4.69) is 10.3 Å². The van der Waals surface area contributed by atoms with Crippen LogP contribution in [0.1, 0.15) is 16.1 Å². The summed E-state index contributed by atoms with van der Waals surface area (Å²) >= 11 is 0. The van der Waals surface area contributed by atoms with Crippen LogP contribution in [0.3, 0.4) is 0 Å². The van der Waals surface area contributed by atoms with E-state index in [0.29, 0.717) is 12.1 Å². The summed E-state index contributed by atoms with van der Waals surface area (Å²) < 4.78 is 2.00. The van der Waals surface area contributed by atoms with Crippen molar-refractivity contribution in [1.82, 2.24) is 14.9 Å². The lowest BCUT2D eigenvalue weighted by atomic mass is 10.1. The first-order valence-electron chi connectivity index (χ1n) is 6.20. The van der Waals surface area contributed by atoms with E-state index in [1.165, 1.54) is 0 Å². The van der Waals surface area contributed by atoms with E-state index < -0.39 is 0 Å². The highest BCUT2D eigenvalue weighted by atomic mass is 16.1. The van der Waals surface area contributed by atoms with Gasteiger partial charge in [-0.1, -0.05) is 18.2 Å². The summed E-state index contributed by atoms with van der Waals surface area (Å²) in [5, 5.41) is 3.89. The van der Waals surface area contributed by atoms with E-state index in [-0.39, 0.29) is 5.91 Å². The Morgan fingerprint density at radius 1 is 1.26 bits per heavy atom. The number of para-hydroxylation sites is 1. The fraction of sp³-hybridized carbons (Fsp3) is 0.133.